The number of rotatable bonds is 10. The predicted molar refractivity (Wildman–Crippen MR) is 101 cm³/mol. The first-order valence-electron chi connectivity index (χ1n) is 8.65. The number of nitrogens with zero attached hydrogens (tertiary/aromatic N) is 1. The molecule has 1 unspecified atom stereocenters. The first-order chi connectivity index (χ1) is 11.9. The van der Waals surface area contributed by atoms with Crippen LogP contribution < -0.4 is 15.8 Å². The van der Waals surface area contributed by atoms with E-state index in [9.17, 15) is 8.42 Å². The van der Waals surface area contributed by atoms with E-state index in [0.717, 1.165) is 37.9 Å². The molecule has 0 aromatic heterocycles. The molecule has 1 rings (SSSR count). The average Bonchev–Trinajstić information content (AvgIpc) is 2.57. The summed E-state index contributed by atoms with van der Waals surface area (Å²) in [6, 6.07) is 6.47. The zero-order valence-electron chi connectivity index (χ0n) is 15.0. The second-order valence-electron chi connectivity index (χ2n) is 5.94. The Morgan fingerprint density at radius 3 is 2.64 bits per heavy atom. The highest BCUT2D eigenvalue weighted by Gasteiger charge is 2.09. The molecule has 0 bridgehead atoms. The zero-order chi connectivity index (χ0) is 18.7. The number of aliphatic imine (C=N–C) groups is 1. The van der Waals surface area contributed by atoms with Gasteiger partial charge in [-0.2, -0.15) is 0 Å². The van der Waals surface area contributed by atoms with Crippen LogP contribution in [-0.4, -0.2) is 39.2 Å². The van der Waals surface area contributed by atoms with E-state index in [-0.39, 0.29) is 11.5 Å². The molecule has 0 spiro atoms. The summed E-state index contributed by atoms with van der Waals surface area (Å²) in [6.45, 7) is 6.09. The van der Waals surface area contributed by atoms with Gasteiger partial charge in [0.1, 0.15) is 0 Å². The molecule has 0 fully saturated rings. The van der Waals surface area contributed by atoms with Gasteiger partial charge in [-0.25, -0.2) is 18.5 Å². The fraction of sp³-hybridized carbons (Fsp3) is 0.588. The first-order valence-corrected chi connectivity index (χ1v) is 10.2. The topological polar surface area (TPSA) is 117 Å². The second-order valence-corrected chi connectivity index (χ2v) is 7.50. The number of primary sulfonamides is 1. The van der Waals surface area contributed by atoms with E-state index in [0.29, 0.717) is 18.4 Å². The lowest BCUT2D eigenvalue weighted by molar-refractivity contribution is 0.251. The zero-order valence-corrected chi connectivity index (χ0v) is 15.8. The Balaban J connectivity index is 2.75. The fourth-order valence-corrected chi connectivity index (χ4v) is 3.10. The summed E-state index contributed by atoms with van der Waals surface area (Å²) in [7, 11) is -3.71. The average molecular weight is 371 g/mol. The van der Waals surface area contributed by atoms with Crippen LogP contribution in [0.15, 0.2) is 34.2 Å². The predicted octanol–water partition coefficient (Wildman–Crippen LogP) is 1.19. The van der Waals surface area contributed by atoms with Crippen molar-refractivity contribution in [3.05, 3.63) is 29.8 Å². The number of nitrogens with one attached hydrogen (secondary N) is 2. The number of hydrogen-bond donors (Lipinski definition) is 4. The second kappa shape index (κ2) is 11.1. The van der Waals surface area contributed by atoms with Crippen molar-refractivity contribution in [2.75, 3.05) is 19.7 Å². The third-order valence-corrected chi connectivity index (χ3v) is 4.69. The molecule has 0 aliphatic heterocycles. The molecular formula is C17H30N4O3S. The Bertz CT molecular complexity index is 641. The number of aliphatic hydroxyl groups is 1. The largest absolute Gasteiger partial charge is 0.396 e. The molecule has 0 aliphatic carbocycles. The van der Waals surface area contributed by atoms with Crippen LogP contribution in [0.1, 0.15) is 38.7 Å². The third kappa shape index (κ3) is 8.33. The molecule has 0 aliphatic rings. The van der Waals surface area contributed by atoms with Crippen LogP contribution >= 0.6 is 0 Å². The van der Waals surface area contributed by atoms with Crippen LogP contribution in [0.5, 0.6) is 0 Å². The van der Waals surface area contributed by atoms with E-state index in [1.165, 1.54) is 12.1 Å². The molecular weight excluding hydrogens is 340 g/mol. The maximum absolute atomic E-state index is 11.4. The van der Waals surface area contributed by atoms with Crippen molar-refractivity contribution < 1.29 is 13.5 Å². The van der Waals surface area contributed by atoms with Crippen molar-refractivity contribution in [2.24, 2.45) is 16.0 Å². The molecule has 0 saturated carbocycles. The summed E-state index contributed by atoms with van der Waals surface area (Å²) in [5.41, 5.74) is 0.768. The van der Waals surface area contributed by atoms with Crippen molar-refractivity contribution in [2.45, 2.75) is 44.6 Å². The highest BCUT2D eigenvalue weighted by Crippen LogP contribution is 2.11. The summed E-state index contributed by atoms with van der Waals surface area (Å²) in [5, 5.41) is 20.8. The standard InChI is InChI=1S/C17H30N4O3S/c1-3-6-14(9-10-22)12-20-17(19-4-2)21-13-15-7-5-8-16(11-15)25(18,23)24/h5,7-8,11,14,22H,3-4,6,9-10,12-13H2,1-2H3,(H2,18,23,24)(H2,19,20,21). The van der Waals surface area contributed by atoms with Gasteiger partial charge in [0.15, 0.2) is 5.96 Å². The van der Waals surface area contributed by atoms with Crippen LogP contribution in [0.3, 0.4) is 0 Å². The van der Waals surface area contributed by atoms with Crippen molar-refractivity contribution >= 4 is 16.0 Å². The van der Waals surface area contributed by atoms with Crippen LogP contribution in [-0.2, 0) is 16.6 Å². The monoisotopic (exact) mass is 370 g/mol. The van der Waals surface area contributed by atoms with Gasteiger partial charge in [0.25, 0.3) is 0 Å². The van der Waals surface area contributed by atoms with Gasteiger partial charge in [-0.3, -0.25) is 0 Å². The van der Waals surface area contributed by atoms with Gasteiger partial charge in [-0.1, -0.05) is 25.5 Å². The van der Waals surface area contributed by atoms with Gasteiger partial charge in [0.2, 0.25) is 10.0 Å². The molecule has 1 aromatic rings. The van der Waals surface area contributed by atoms with E-state index in [4.69, 9.17) is 10.2 Å². The van der Waals surface area contributed by atoms with Crippen molar-refractivity contribution in [1.82, 2.24) is 10.6 Å². The van der Waals surface area contributed by atoms with E-state index in [1.807, 2.05) is 13.0 Å². The minimum atomic E-state index is -3.71. The van der Waals surface area contributed by atoms with Crippen LogP contribution in [0, 0.1) is 5.92 Å². The summed E-state index contributed by atoms with van der Waals surface area (Å²) in [5.74, 6) is 1.06. The van der Waals surface area contributed by atoms with Gasteiger partial charge in [0, 0.05) is 19.7 Å². The summed E-state index contributed by atoms with van der Waals surface area (Å²) in [6.07, 6.45) is 2.88. The molecule has 0 saturated heterocycles. The number of nitrogens with two attached hydrogens (primary N) is 1. The quantitative estimate of drug-likeness (QED) is 0.365. The van der Waals surface area contributed by atoms with E-state index >= 15 is 0 Å². The highest BCUT2D eigenvalue weighted by molar-refractivity contribution is 7.89. The van der Waals surface area contributed by atoms with Crippen LogP contribution in [0.2, 0.25) is 0 Å². The van der Waals surface area contributed by atoms with Crippen molar-refractivity contribution in [3.63, 3.8) is 0 Å². The Labute approximate surface area is 150 Å². The van der Waals surface area contributed by atoms with Crippen molar-refractivity contribution in [1.29, 1.82) is 0 Å². The number of guanidine groups is 1. The lowest BCUT2D eigenvalue weighted by Crippen LogP contribution is -2.40. The van der Waals surface area contributed by atoms with Crippen LogP contribution in [0.25, 0.3) is 0 Å². The molecule has 1 aromatic carbocycles. The molecule has 8 heteroatoms. The molecule has 5 N–H and O–H groups in total. The van der Waals surface area contributed by atoms with Gasteiger partial charge in [-0.15, -0.1) is 0 Å². The maximum Gasteiger partial charge on any atom is 0.238 e. The van der Waals surface area contributed by atoms with Gasteiger partial charge in [0.05, 0.1) is 11.4 Å². The Kier molecular flexibility index (Phi) is 9.48. The molecule has 1 atom stereocenters. The van der Waals surface area contributed by atoms with E-state index in [2.05, 4.69) is 22.5 Å². The Morgan fingerprint density at radius 1 is 1.28 bits per heavy atom. The van der Waals surface area contributed by atoms with Crippen molar-refractivity contribution in [3.8, 4) is 0 Å². The molecule has 7 nitrogen and oxygen atoms in total. The SMILES string of the molecule is CCCC(CCO)CNC(=NCc1cccc(S(N)(=O)=O)c1)NCC. The minimum absolute atomic E-state index is 0.0871. The summed E-state index contributed by atoms with van der Waals surface area (Å²) in [4.78, 5) is 4.58. The molecule has 25 heavy (non-hydrogen) atoms. The molecule has 0 heterocycles. The number of benzene rings is 1. The van der Waals surface area contributed by atoms with Gasteiger partial charge >= 0.3 is 0 Å². The lowest BCUT2D eigenvalue weighted by atomic mass is 10.0. The lowest BCUT2D eigenvalue weighted by Gasteiger charge is -2.18. The van der Waals surface area contributed by atoms with E-state index in [1.54, 1.807) is 6.07 Å². The van der Waals surface area contributed by atoms with Gasteiger partial charge in [-0.05, 0) is 43.4 Å². The number of sulfonamides is 1. The Morgan fingerprint density at radius 2 is 2.04 bits per heavy atom. The first kappa shape index (κ1) is 21.4. The number of aliphatic hydroxyl groups excluding tert-OH is 1. The summed E-state index contributed by atoms with van der Waals surface area (Å²) >= 11 is 0. The summed E-state index contributed by atoms with van der Waals surface area (Å²) < 4.78 is 22.8. The van der Waals surface area contributed by atoms with Crippen LogP contribution in [0.4, 0.5) is 0 Å². The van der Waals surface area contributed by atoms with E-state index < -0.39 is 10.0 Å². The molecule has 0 amide bonds. The number of hydrogen-bond acceptors (Lipinski definition) is 4. The maximum atomic E-state index is 11.4. The minimum Gasteiger partial charge on any atom is -0.396 e. The molecule has 0 radical (unpaired) electrons. The smallest absolute Gasteiger partial charge is 0.238 e. The third-order valence-electron chi connectivity index (χ3n) is 3.78. The fourth-order valence-electron chi connectivity index (χ4n) is 2.51. The van der Waals surface area contributed by atoms with Gasteiger partial charge < -0.3 is 15.7 Å². The Hall–Kier alpha value is -1.64. The normalized spacial score (nSPS) is 13.5. The molecule has 142 valence electrons. The highest BCUT2D eigenvalue weighted by atomic mass is 32.2.